The Labute approximate surface area is 135 Å². The molecule has 5 heteroatoms. The first-order valence-corrected chi connectivity index (χ1v) is 7.61. The molecular weight excluding hydrogens is 300 g/mol. The summed E-state index contributed by atoms with van der Waals surface area (Å²) in [6.07, 6.45) is 4.52. The maximum Gasteiger partial charge on any atom is 0.220 e. The van der Waals surface area contributed by atoms with Crippen LogP contribution in [0.4, 0.5) is 0 Å². The molecule has 1 heterocycles. The van der Waals surface area contributed by atoms with Gasteiger partial charge in [0.2, 0.25) is 5.91 Å². The number of pyridine rings is 1. The molecule has 4 nitrogen and oxygen atoms in total. The number of carbonyl (C=O) groups is 1. The molecule has 2 rings (SSSR count). The molecule has 0 aliphatic rings. The predicted molar refractivity (Wildman–Crippen MR) is 87.0 cm³/mol. The van der Waals surface area contributed by atoms with Gasteiger partial charge >= 0.3 is 0 Å². The molecule has 2 aromatic rings. The largest absolute Gasteiger partial charge is 0.492 e. The zero-order chi connectivity index (χ0) is 15.8. The van der Waals surface area contributed by atoms with Crippen LogP contribution in [0.5, 0.6) is 5.75 Å². The van der Waals surface area contributed by atoms with Crippen molar-refractivity contribution in [3.8, 4) is 5.75 Å². The zero-order valence-corrected chi connectivity index (χ0v) is 13.2. The van der Waals surface area contributed by atoms with Gasteiger partial charge in [0.25, 0.3) is 0 Å². The van der Waals surface area contributed by atoms with Crippen molar-refractivity contribution < 1.29 is 9.53 Å². The summed E-state index contributed by atoms with van der Waals surface area (Å²) in [6, 6.07) is 11.1. The summed E-state index contributed by atoms with van der Waals surface area (Å²) < 4.78 is 5.55. The molecule has 0 saturated carbocycles. The Morgan fingerprint density at radius 3 is 2.86 bits per heavy atom. The van der Waals surface area contributed by atoms with Crippen LogP contribution in [0.2, 0.25) is 5.02 Å². The molecule has 0 unspecified atom stereocenters. The number of amides is 1. The minimum atomic E-state index is -0.0503. The van der Waals surface area contributed by atoms with Crippen LogP contribution in [0.15, 0.2) is 48.8 Å². The van der Waals surface area contributed by atoms with Crippen molar-refractivity contribution in [1.82, 2.24) is 10.3 Å². The zero-order valence-electron chi connectivity index (χ0n) is 12.5. The lowest BCUT2D eigenvalue weighted by atomic mass is 10.1. The van der Waals surface area contributed by atoms with Crippen LogP contribution in [0.1, 0.15) is 31.4 Å². The van der Waals surface area contributed by atoms with Gasteiger partial charge in [-0.3, -0.25) is 9.78 Å². The molecule has 0 fully saturated rings. The number of carbonyl (C=O) groups excluding carboxylic acids is 1. The number of nitrogens with zero attached hydrogens (tertiary/aromatic N) is 1. The van der Waals surface area contributed by atoms with Gasteiger partial charge in [0.15, 0.2) is 0 Å². The van der Waals surface area contributed by atoms with E-state index in [1.807, 2.05) is 37.3 Å². The monoisotopic (exact) mass is 318 g/mol. The molecule has 0 aliphatic heterocycles. The highest BCUT2D eigenvalue weighted by Gasteiger charge is 2.09. The molecule has 1 atom stereocenters. The fourth-order valence-corrected chi connectivity index (χ4v) is 2.20. The lowest BCUT2D eigenvalue weighted by Crippen LogP contribution is -2.26. The molecule has 0 radical (unpaired) electrons. The van der Waals surface area contributed by atoms with Gasteiger partial charge in [0, 0.05) is 18.8 Å². The summed E-state index contributed by atoms with van der Waals surface area (Å²) in [4.78, 5) is 15.9. The molecule has 1 amide bonds. The third-order valence-electron chi connectivity index (χ3n) is 3.20. The number of aromatic nitrogens is 1. The first-order chi connectivity index (χ1) is 10.7. The number of halogens is 1. The second kappa shape index (κ2) is 8.39. The van der Waals surface area contributed by atoms with E-state index in [1.54, 1.807) is 18.5 Å². The molecule has 22 heavy (non-hydrogen) atoms. The fraction of sp³-hybridized carbons (Fsp3) is 0.294. The van der Waals surface area contributed by atoms with Gasteiger partial charge in [-0.05, 0) is 37.1 Å². The Bertz CT molecular complexity index is 605. The summed E-state index contributed by atoms with van der Waals surface area (Å²) in [6.45, 7) is 2.40. The summed E-state index contributed by atoms with van der Waals surface area (Å²) in [7, 11) is 0. The Morgan fingerprint density at radius 2 is 2.14 bits per heavy atom. The van der Waals surface area contributed by atoms with E-state index in [4.69, 9.17) is 16.3 Å². The first-order valence-electron chi connectivity index (χ1n) is 7.23. The maximum atomic E-state index is 11.9. The highest BCUT2D eigenvalue weighted by molar-refractivity contribution is 6.32. The lowest BCUT2D eigenvalue weighted by molar-refractivity contribution is -0.121. The highest BCUT2D eigenvalue weighted by Crippen LogP contribution is 2.23. The molecule has 0 aliphatic carbocycles. The summed E-state index contributed by atoms with van der Waals surface area (Å²) in [5.74, 6) is 0.646. The molecule has 1 N–H and O–H groups in total. The van der Waals surface area contributed by atoms with Crippen LogP contribution in [0.25, 0.3) is 0 Å². The van der Waals surface area contributed by atoms with Gasteiger partial charge in [0.1, 0.15) is 5.75 Å². The smallest absolute Gasteiger partial charge is 0.220 e. The molecular formula is C17H19ClN2O2. The van der Waals surface area contributed by atoms with E-state index in [9.17, 15) is 4.79 Å². The van der Waals surface area contributed by atoms with Crippen molar-refractivity contribution in [2.75, 3.05) is 6.61 Å². The Balaban J connectivity index is 1.69. The number of benzene rings is 1. The number of nitrogens with one attached hydrogen (secondary N) is 1. The van der Waals surface area contributed by atoms with E-state index < -0.39 is 0 Å². The number of para-hydroxylation sites is 1. The SMILES string of the molecule is C[C@@H](NC(=O)CCCOc1ccccc1Cl)c1cccnc1. The van der Waals surface area contributed by atoms with Gasteiger partial charge in [-0.2, -0.15) is 0 Å². The molecule has 0 saturated heterocycles. The summed E-state index contributed by atoms with van der Waals surface area (Å²) in [5, 5.41) is 3.53. The van der Waals surface area contributed by atoms with Gasteiger partial charge in [-0.1, -0.05) is 29.8 Å². The number of hydrogen-bond donors (Lipinski definition) is 1. The Morgan fingerprint density at radius 1 is 1.32 bits per heavy atom. The van der Waals surface area contributed by atoms with Gasteiger partial charge in [-0.15, -0.1) is 0 Å². The fourth-order valence-electron chi connectivity index (χ4n) is 2.01. The topological polar surface area (TPSA) is 51.2 Å². The van der Waals surface area contributed by atoms with E-state index in [0.717, 1.165) is 5.56 Å². The standard InChI is InChI=1S/C17H19ClN2O2/c1-13(14-6-4-10-19-12-14)20-17(21)9-5-11-22-16-8-3-2-7-15(16)18/h2-4,6-8,10,12-13H,5,9,11H2,1H3,(H,20,21)/t13-/m1/s1. The van der Waals surface area contributed by atoms with Crippen molar-refractivity contribution in [3.63, 3.8) is 0 Å². The third kappa shape index (κ3) is 5.04. The van der Waals surface area contributed by atoms with E-state index in [1.165, 1.54) is 0 Å². The number of hydrogen-bond acceptors (Lipinski definition) is 3. The van der Waals surface area contributed by atoms with Crippen LogP contribution in [-0.2, 0) is 4.79 Å². The van der Waals surface area contributed by atoms with Crippen LogP contribution >= 0.6 is 11.6 Å². The van der Waals surface area contributed by atoms with E-state index >= 15 is 0 Å². The molecule has 1 aromatic heterocycles. The van der Waals surface area contributed by atoms with Crippen LogP contribution < -0.4 is 10.1 Å². The van der Waals surface area contributed by atoms with Crippen LogP contribution in [0.3, 0.4) is 0 Å². The lowest BCUT2D eigenvalue weighted by Gasteiger charge is -2.14. The third-order valence-corrected chi connectivity index (χ3v) is 3.52. The van der Waals surface area contributed by atoms with Crippen molar-refractivity contribution >= 4 is 17.5 Å². The summed E-state index contributed by atoms with van der Waals surface area (Å²) in [5.41, 5.74) is 0.989. The minimum Gasteiger partial charge on any atom is -0.492 e. The highest BCUT2D eigenvalue weighted by atomic mass is 35.5. The first kappa shape index (κ1) is 16.3. The molecule has 0 spiro atoms. The normalized spacial score (nSPS) is 11.7. The van der Waals surface area contributed by atoms with Crippen molar-refractivity contribution in [2.24, 2.45) is 0 Å². The minimum absolute atomic E-state index is 0.000823. The number of rotatable bonds is 7. The van der Waals surface area contributed by atoms with E-state index in [2.05, 4.69) is 10.3 Å². The van der Waals surface area contributed by atoms with Crippen LogP contribution in [-0.4, -0.2) is 17.5 Å². The number of ether oxygens (including phenoxy) is 1. The Kier molecular flexibility index (Phi) is 6.22. The quantitative estimate of drug-likeness (QED) is 0.791. The maximum absolute atomic E-state index is 11.9. The summed E-state index contributed by atoms with van der Waals surface area (Å²) >= 11 is 5.99. The van der Waals surface area contributed by atoms with Crippen LogP contribution in [0, 0.1) is 0 Å². The van der Waals surface area contributed by atoms with Crippen molar-refractivity contribution in [2.45, 2.75) is 25.8 Å². The molecule has 116 valence electrons. The molecule has 1 aromatic carbocycles. The van der Waals surface area contributed by atoms with Gasteiger partial charge in [-0.25, -0.2) is 0 Å². The predicted octanol–water partition coefficient (Wildman–Crippen LogP) is 3.77. The Hall–Kier alpha value is -2.07. The van der Waals surface area contributed by atoms with Gasteiger partial charge < -0.3 is 10.1 Å². The van der Waals surface area contributed by atoms with Crippen molar-refractivity contribution in [1.29, 1.82) is 0 Å². The van der Waals surface area contributed by atoms with E-state index in [0.29, 0.717) is 30.2 Å². The second-order valence-corrected chi connectivity index (χ2v) is 5.37. The second-order valence-electron chi connectivity index (χ2n) is 4.96. The van der Waals surface area contributed by atoms with Crippen molar-refractivity contribution in [3.05, 3.63) is 59.4 Å². The molecule has 0 bridgehead atoms. The van der Waals surface area contributed by atoms with E-state index in [-0.39, 0.29) is 11.9 Å². The van der Waals surface area contributed by atoms with Gasteiger partial charge in [0.05, 0.1) is 17.7 Å². The average Bonchev–Trinajstić information content (AvgIpc) is 2.54. The average molecular weight is 319 g/mol.